The van der Waals surface area contributed by atoms with Crippen LogP contribution < -0.4 is 0 Å². The number of aromatic nitrogens is 2. The fourth-order valence-electron chi connectivity index (χ4n) is 5.02. The van der Waals surface area contributed by atoms with Crippen molar-refractivity contribution in [1.29, 1.82) is 0 Å². The highest BCUT2D eigenvalue weighted by Crippen LogP contribution is 2.31. The molecule has 1 aliphatic heterocycles. The number of hydrogen-bond acceptors (Lipinski definition) is 7. The Bertz CT molecular complexity index is 1790. The van der Waals surface area contributed by atoms with E-state index in [2.05, 4.69) is 0 Å². The summed E-state index contributed by atoms with van der Waals surface area (Å²) in [5.74, 6) is -0.878. The van der Waals surface area contributed by atoms with Crippen molar-refractivity contribution in [3.05, 3.63) is 108 Å². The van der Waals surface area contributed by atoms with E-state index >= 15 is 0 Å². The summed E-state index contributed by atoms with van der Waals surface area (Å²) in [6.45, 7) is 5.11. The number of carbonyl (C=O) groups excluding carboxylic acids is 3. The predicted molar refractivity (Wildman–Crippen MR) is 161 cm³/mol. The zero-order chi connectivity index (χ0) is 29.9. The molecule has 0 saturated carbocycles. The van der Waals surface area contributed by atoms with Gasteiger partial charge in [0.1, 0.15) is 0 Å². The van der Waals surface area contributed by atoms with Crippen molar-refractivity contribution in [2.24, 2.45) is 0 Å². The van der Waals surface area contributed by atoms with Gasteiger partial charge in [0, 0.05) is 37.3 Å². The largest absolute Gasteiger partial charge is 0.459 e. The molecule has 2 amide bonds. The molecular formula is C34H30N4O5. The Morgan fingerprint density at radius 1 is 0.744 bits per heavy atom. The number of nitrogens with zero attached hydrogens (tertiary/aromatic N) is 4. The van der Waals surface area contributed by atoms with Crippen LogP contribution in [0.4, 0.5) is 0 Å². The van der Waals surface area contributed by atoms with Crippen LogP contribution in [0.3, 0.4) is 0 Å². The first kappa shape index (κ1) is 27.8. The molecule has 0 N–H and O–H groups in total. The van der Waals surface area contributed by atoms with Crippen molar-refractivity contribution in [2.75, 3.05) is 32.8 Å². The number of fused-ring (bicyclic) bond motifs is 1. The van der Waals surface area contributed by atoms with Gasteiger partial charge in [-0.15, -0.1) is 0 Å². The van der Waals surface area contributed by atoms with E-state index < -0.39 is 12.6 Å². The van der Waals surface area contributed by atoms with Crippen LogP contribution in [-0.4, -0.2) is 70.3 Å². The molecule has 0 spiro atoms. The first-order valence-corrected chi connectivity index (χ1v) is 14.1. The number of esters is 1. The quantitative estimate of drug-likeness (QED) is 0.253. The minimum atomic E-state index is -0.622. The van der Waals surface area contributed by atoms with Gasteiger partial charge in [-0.2, -0.15) is 0 Å². The lowest BCUT2D eigenvalue weighted by atomic mass is 10.0. The van der Waals surface area contributed by atoms with Gasteiger partial charge in [-0.1, -0.05) is 59.7 Å². The third-order valence-electron chi connectivity index (χ3n) is 7.53. The van der Waals surface area contributed by atoms with Crippen molar-refractivity contribution < 1.29 is 23.5 Å². The molecule has 43 heavy (non-hydrogen) atoms. The Kier molecular flexibility index (Phi) is 7.70. The van der Waals surface area contributed by atoms with Gasteiger partial charge in [0.2, 0.25) is 0 Å². The zero-order valence-electron chi connectivity index (χ0n) is 23.9. The van der Waals surface area contributed by atoms with Crippen LogP contribution in [-0.2, 0) is 9.53 Å². The van der Waals surface area contributed by atoms with E-state index in [-0.39, 0.29) is 23.1 Å². The topological polar surface area (TPSA) is 106 Å². The van der Waals surface area contributed by atoms with Crippen molar-refractivity contribution >= 4 is 28.8 Å². The van der Waals surface area contributed by atoms with Crippen molar-refractivity contribution in [1.82, 2.24) is 19.8 Å². The summed E-state index contributed by atoms with van der Waals surface area (Å²) >= 11 is 0. The highest BCUT2D eigenvalue weighted by molar-refractivity contribution is 5.96. The van der Waals surface area contributed by atoms with Gasteiger partial charge in [0.05, 0.1) is 34.2 Å². The molecule has 1 saturated heterocycles. The number of ether oxygens (including phenoxy) is 1. The van der Waals surface area contributed by atoms with Gasteiger partial charge in [-0.3, -0.25) is 9.59 Å². The van der Waals surface area contributed by atoms with E-state index in [1.54, 1.807) is 40.1 Å². The van der Waals surface area contributed by atoms with E-state index in [0.29, 0.717) is 42.9 Å². The number of hydrogen-bond donors (Lipinski definition) is 0. The van der Waals surface area contributed by atoms with E-state index in [1.165, 1.54) is 6.26 Å². The molecule has 3 aromatic carbocycles. The Morgan fingerprint density at radius 2 is 1.33 bits per heavy atom. The third-order valence-corrected chi connectivity index (χ3v) is 7.53. The van der Waals surface area contributed by atoms with Crippen molar-refractivity contribution in [2.45, 2.75) is 13.8 Å². The molecule has 0 aliphatic carbocycles. The van der Waals surface area contributed by atoms with Gasteiger partial charge >= 0.3 is 5.97 Å². The number of benzene rings is 3. The lowest BCUT2D eigenvalue weighted by molar-refractivity contribution is -0.136. The molecule has 216 valence electrons. The highest BCUT2D eigenvalue weighted by atomic mass is 16.5. The average molecular weight is 575 g/mol. The summed E-state index contributed by atoms with van der Waals surface area (Å²) in [4.78, 5) is 51.3. The predicted octanol–water partition coefficient (Wildman–Crippen LogP) is 5.32. The molecule has 0 radical (unpaired) electrons. The second kappa shape index (κ2) is 11.9. The molecule has 0 atom stereocenters. The Balaban J connectivity index is 1.16. The Morgan fingerprint density at radius 3 is 1.91 bits per heavy atom. The fourth-order valence-corrected chi connectivity index (χ4v) is 5.02. The van der Waals surface area contributed by atoms with Crippen LogP contribution in [0.2, 0.25) is 0 Å². The number of piperazine rings is 1. The maximum absolute atomic E-state index is 13.0. The smallest absolute Gasteiger partial charge is 0.338 e. The van der Waals surface area contributed by atoms with Crippen LogP contribution in [0.1, 0.15) is 32.0 Å². The maximum atomic E-state index is 13.0. The van der Waals surface area contributed by atoms with E-state index in [0.717, 1.165) is 27.9 Å². The second-order valence-corrected chi connectivity index (χ2v) is 10.6. The van der Waals surface area contributed by atoms with Crippen molar-refractivity contribution in [3.8, 4) is 22.5 Å². The molecule has 1 fully saturated rings. The fraction of sp³-hybridized carbons (Fsp3) is 0.206. The number of rotatable bonds is 6. The number of carbonyl (C=O) groups is 3. The van der Waals surface area contributed by atoms with Gasteiger partial charge in [-0.25, -0.2) is 14.8 Å². The Hall–Kier alpha value is -5.31. The van der Waals surface area contributed by atoms with E-state index in [4.69, 9.17) is 19.1 Å². The molecule has 0 bridgehead atoms. The molecule has 0 unspecified atom stereocenters. The summed E-state index contributed by atoms with van der Waals surface area (Å²) in [7, 11) is 0. The average Bonchev–Trinajstić information content (AvgIpc) is 3.58. The molecule has 2 aromatic heterocycles. The van der Waals surface area contributed by atoms with Gasteiger partial charge in [-0.05, 0) is 44.2 Å². The van der Waals surface area contributed by atoms with E-state index in [9.17, 15) is 14.4 Å². The van der Waals surface area contributed by atoms with Crippen LogP contribution in [0.15, 0.2) is 89.5 Å². The second-order valence-electron chi connectivity index (χ2n) is 10.6. The van der Waals surface area contributed by atoms with Crippen molar-refractivity contribution in [3.63, 3.8) is 0 Å². The molecule has 9 nitrogen and oxygen atoms in total. The zero-order valence-corrected chi connectivity index (χ0v) is 23.9. The Labute approximate surface area is 248 Å². The van der Waals surface area contributed by atoms with Crippen LogP contribution in [0, 0.1) is 13.8 Å². The monoisotopic (exact) mass is 574 g/mol. The maximum Gasteiger partial charge on any atom is 0.338 e. The normalized spacial score (nSPS) is 13.3. The lowest BCUT2D eigenvalue weighted by Crippen LogP contribution is -2.51. The highest BCUT2D eigenvalue weighted by Gasteiger charge is 2.26. The molecule has 5 aromatic rings. The minimum absolute atomic E-state index is 0.209. The molecule has 6 rings (SSSR count). The van der Waals surface area contributed by atoms with Gasteiger partial charge in [0.15, 0.2) is 12.4 Å². The van der Waals surface area contributed by atoms with Crippen LogP contribution in [0.5, 0.6) is 0 Å². The summed E-state index contributed by atoms with van der Waals surface area (Å²) in [6, 6.07) is 24.5. The van der Waals surface area contributed by atoms with Gasteiger partial charge < -0.3 is 19.0 Å². The van der Waals surface area contributed by atoms with E-state index in [1.807, 2.05) is 62.4 Å². The number of furan rings is 1. The number of aryl methyl sites for hydroxylation is 2. The summed E-state index contributed by atoms with van der Waals surface area (Å²) in [5, 5.41) is 0. The first-order valence-electron chi connectivity index (χ1n) is 14.1. The van der Waals surface area contributed by atoms with Gasteiger partial charge in [0.25, 0.3) is 11.8 Å². The van der Waals surface area contributed by atoms with Crippen LogP contribution >= 0.6 is 0 Å². The summed E-state index contributed by atoms with van der Waals surface area (Å²) in [5.41, 5.74) is 7.08. The lowest BCUT2D eigenvalue weighted by Gasteiger charge is -2.34. The summed E-state index contributed by atoms with van der Waals surface area (Å²) < 4.78 is 10.6. The third kappa shape index (κ3) is 6.01. The molecule has 1 aliphatic rings. The minimum Gasteiger partial charge on any atom is -0.459 e. The first-order chi connectivity index (χ1) is 20.9. The summed E-state index contributed by atoms with van der Waals surface area (Å²) in [6.07, 6.45) is 1.45. The molecule has 9 heteroatoms. The molecule has 3 heterocycles. The number of amides is 2. The van der Waals surface area contributed by atoms with Crippen LogP contribution in [0.25, 0.3) is 33.5 Å². The SMILES string of the molecule is Cc1ccc(-c2nc3ccc(C(=O)OCC(=O)N4CCN(C(=O)c5ccco5)CC4)cc3nc2-c2ccc(C)cc2)cc1. The molecular weight excluding hydrogens is 544 g/mol. The standard InChI is InChI=1S/C34H30N4O5/c1-22-5-9-24(10-6-22)31-32(25-11-7-23(2)8-12-25)36-28-20-26(13-14-27(28)35-31)34(41)43-21-30(39)37-15-17-38(18-16-37)33(40)29-4-3-19-42-29/h3-14,19-20H,15-18,21H2,1-2H3.